The lowest BCUT2D eigenvalue weighted by Gasteiger charge is -2.23. The molecule has 1 aromatic rings. The third-order valence-electron chi connectivity index (χ3n) is 4.75. The minimum Gasteiger partial charge on any atom is -0.344 e. The number of nitrogens with one attached hydrogen (secondary N) is 2. The Morgan fingerprint density at radius 2 is 1.90 bits per heavy atom. The summed E-state index contributed by atoms with van der Waals surface area (Å²) in [5, 5.41) is 5.12. The van der Waals surface area contributed by atoms with Crippen molar-refractivity contribution in [1.82, 2.24) is 14.9 Å². The van der Waals surface area contributed by atoms with Gasteiger partial charge in [-0.15, -0.1) is 0 Å². The molecule has 0 bridgehead atoms. The molecule has 2 atom stereocenters. The van der Waals surface area contributed by atoms with E-state index in [1.807, 2.05) is 13.8 Å². The van der Waals surface area contributed by atoms with Crippen molar-refractivity contribution in [3.05, 3.63) is 37.0 Å². The zero-order valence-corrected chi connectivity index (χ0v) is 17.9. The van der Waals surface area contributed by atoms with Gasteiger partial charge in [0, 0.05) is 13.5 Å². The highest BCUT2D eigenvalue weighted by molar-refractivity contribution is 7.89. The van der Waals surface area contributed by atoms with Gasteiger partial charge in [-0.1, -0.05) is 13.8 Å². The fourth-order valence-electron chi connectivity index (χ4n) is 3.28. The number of hydrogen-bond donors (Lipinski definition) is 2. The van der Waals surface area contributed by atoms with Gasteiger partial charge in [-0.2, -0.15) is 4.31 Å². The van der Waals surface area contributed by atoms with E-state index < -0.39 is 52.1 Å². The fraction of sp³-hybridized carbons (Fsp3) is 0.500. The molecule has 1 radical (unpaired) electrons. The molecular formula is C20H27FN3O5S. The predicted molar refractivity (Wildman–Crippen MR) is 108 cm³/mol. The van der Waals surface area contributed by atoms with Crippen molar-refractivity contribution in [2.24, 2.45) is 5.92 Å². The van der Waals surface area contributed by atoms with E-state index in [4.69, 9.17) is 0 Å². The van der Waals surface area contributed by atoms with Gasteiger partial charge in [-0.3, -0.25) is 14.4 Å². The van der Waals surface area contributed by atoms with Crippen molar-refractivity contribution in [3.8, 4) is 0 Å². The number of hydrogen-bond acceptors (Lipinski definition) is 5. The lowest BCUT2D eigenvalue weighted by molar-refractivity contribution is -0.130. The molecule has 2 amide bonds. The number of carbonyl (C=O) groups excluding carboxylic acids is 3. The summed E-state index contributed by atoms with van der Waals surface area (Å²) < 4.78 is 39.7. The molecule has 2 N–H and O–H groups in total. The lowest BCUT2D eigenvalue weighted by atomic mass is 10.0. The first-order chi connectivity index (χ1) is 14.0. The highest BCUT2D eigenvalue weighted by atomic mass is 32.2. The first-order valence-electron chi connectivity index (χ1n) is 9.72. The Hall–Kier alpha value is -2.33. The Bertz CT molecular complexity index is 886. The molecule has 1 fully saturated rings. The maximum Gasteiger partial charge on any atom is 0.243 e. The Balaban J connectivity index is 2.10. The van der Waals surface area contributed by atoms with Crippen LogP contribution in [0.2, 0.25) is 0 Å². The Labute approximate surface area is 176 Å². The van der Waals surface area contributed by atoms with Crippen molar-refractivity contribution in [2.75, 3.05) is 13.1 Å². The zero-order chi connectivity index (χ0) is 22.5. The highest BCUT2D eigenvalue weighted by Crippen LogP contribution is 2.20. The summed E-state index contributed by atoms with van der Waals surface area (Å²) in [7, 11) is -3.97. The van der Waals surface area contributed by atoms with E-state index in [0.717, 1.165) is 28.6 Å². The number of halogens is 1. The fourth-order valence-corrected chi connectivity index (χ4v) is 4.72. The van der Waals surface area contributed by atoms with E-state index in [1.165, 1.54) is 0 Å². The van der Waals surface area contributed by atoms with E-state index in [-0.39, 0.29) is 23.8 Å². The first kappa shape index (κ1) is 23.9. The average molecular weight is 441 g/mol. The summed E-state index contributed by atoms with van der Waals surface area (Å²) in [5.74, 6) is -1.99. The van der Waals surface area contributed by atoms with Gasteiger partial charge in [0.25, 0.3) is 0 Å². The summed E-state index contributed by atoms with van der Waals surface area (Å²) in [6.45, 7) is 6.71. The standard InChI is InChI=1S/C20H27FN3O5S/c1-13(2)11-18(22-14(3)25)20(27)23-17-5-4-10-24(12-19(17)26)30(28,29)16-8-6-15(21)7-9-16/h6-9,13,17-18H,3-5,10-12H2,1-2H3,(H,22,25)(H,23,27)/t17?,18-/m0/s1. The summed E-state index contributed by atoms with van der Waals surface area (Å²) in [4.78, 5) is 36.5. The third-order valence-corrected chi connectivity index (χ3v) is 6.61. The van der Waals surface area contributed by atoms with Gasteiger partial charge in [0.15, 0.2) is 5.78 Å². The number of benzene rings is 1. The maximum atomic E-state index is 13.1. The Morgan fingerprint density at radius 1 is 1.27 bits per heavy atom. The minimum absolute atomic E-state index is 0.100. The van der Waals surface area contributed by atoms with Crippen LogP contribution >= 0.6 is 0 Å². The van der Waals surface area contributed by atoms with E-state index in [9.17, 15) is 27.2 Å². The molecular weight excluding hydrogens is 413 g/mol. The quantitative estimate of drug-likeness (QED) is 0.658. The normalized spacial score (nSPS) is 19.2. The van der Waals surface area contributed by atoms with E-state index in [0.29, 0.717) is 12.8 Å². The van der Waals surface area contributed by atoms with E-state index >= 15 is 0 Å². The summed E-state index contributed by atoms with van der Waals surface area (Å²) in [5.41, 5.74) is 0. The smallest absolute Gasteiger partial charge is 0.243 e. The minimum atomic E-state index is -3.97. The number of nitrogens with zero attached hydrogens (tertiary/aromatic N) is 1. The number of carbonyl (C=O) groups is 3. The van der Waals surface area contributed by atoms with Crippen LogP contribution in [0.4, 0.5) is 4.39 Å². The van der Waals surface area contributed by atoms with Gasteiger partial charge >= 0.3 is 0 Å². The summed E-state index contributed by atoms with van der Waals surface area (Å²) in [6, 6.07) is 2.70. The van der Waals surface area contributed by atoms with Crippen LogP contribution in [-0.2, 0) is 24.4 Å². The SMILES string of the molecule is [CH2]C(=O)N[C@@H](CC(C)C)C(=O)NC1CCCN(S(=O)(=O)c2ccc(F)cc2)CC1=O. The van der Waals surface area contributed by atoms with Gasteiger partial charge in [-0.05, 0) is 49.4 Å². The first-order valence-corrected chi connectivity index (χ1v) is 11.2. The molecule has 0 aromatic heterocycles. The molecule has 1 heterocycles. The van der Waals surface area contributed by atoms with Gasteiger partial charge in [-0.25, -0.2) is 12.8 Å². The number of rotatable bonds is 7. The van der Waals surface area contributed by atoms with Crippen molar-refractivity contribution in [1.29, 1.82) is 0 Å². The summed E-state index contributed by atoms with van der Waals surface area (Å²) in [6.07, 6.45) is 0.999. The molecule has 10 heteroatoms. The molecule has 1 aliphatic rings. The average Bonchev–Trinajstić information content (AvgIpc) is 2.83. The molecule has 8 nitrogen and oxygen atoms in total. The molecule has 0 aliphatic carbocycles. The number of amides is 2. The van der Waals surface area contributed by atoms with E-state index in [2.05, 4.69) is 17.6 Å². The van der Waals surface area contributed by atoms with Gasteiger partial charge in [0.1, 0.15) is 11.9 Å². The molecule has 1 aliphatic heterocycles. The summed E-state index contributed by atoms with van der Waals surface area (Å²) >= 11 is 0. The number of Topliss-reactive ketones (excluding diaryl/α,β-unsaturated/α-hetero) is 1. The van der Waals surface area contributed by atoms with Crippen LogP contribution in [0.15, 0.2) is 29.2 Å². The highest BCUT2D eigenvalue weighted by Gasteiger charge is 2.34. The van der Waals surface area contributed by atoms with Crippen molar-refractivity contribution >= 4 is 27.6 Å². The second-order valence-corrected chi connectivity index (χ2v) is 9.65. The molecule has 165 valence electrons. The Morgan fingerprint density at radius 3 is 2.47 bits per heavy atom. The molecule has 0 spiro atoms. The zero-order valence-electron chi connectivity index (χ0n) is 17.1. The topological polar surface area (TPSA) is 113 Å². The van der Waals surface area contributed by atoms with E-state index in [1.54, 1.807) is 0 Å². The largest absolute Gasteiger partial charge is 0.344 e. The van der Waals surface area contributed by atoms with Crippen LogP contribution < -0.4 is 10.6 Å². The van der Waals surface area contributed by atoms with Crippen molar-refractivity contribution in [2.45, 2.75) is 50.1 Å². The molecule has 1 saturated heterocycles. The number of ketones is 1. The maximum absolute atomic E-state index is 13.1. The lowest BCUT2D eigenvalue weighted by Crippen LogP contribution is -2.52. The second kappa shape index (κ2) is 10.1. The van der Waals surface area contributed by atoms with Gasteiger partial charge in [0.2, 0.25) is 21.8 Å². The van der Waals surface area contributed by atoms with Crippen LogP contribution in [0.5, 0.6) is 0 Å². The van der Waals surface area contributed by atoms with Crippen LogP contribution in [0.1, 0.15) is 33.1 Å². The molecule has 2 rings (SSSR count). The van der Waals surface area contributed by atoms with Crippen molar-refractivity contribution < 1.29 is 27.2 Å². The molecule has 0 saturated carbocycles. The monoisotopic (exact) mass is 440 g/mol. The molecule has 1 aromatic carbocycles. The van der Waals surface area contributed by atoms with Crippen LogP contribution in [0, 0.1) is 18.7 Å². The molecule has 1 unspecified atom stereocenters. The van der Waals surface area contributed by atoms with Crippen LogP contribution in [0.25, 0.3) is 0 Å². The predicted octanol–water partition coefficient (Wildman–Crippen LogP) is 1.03. The van der Waals surface area contributed by atoms with Crippen LogP contribution in [0.3, 0.4) is 0 Å². The number of sulfonamides is 1. The third kappa shape index (κ3) is 6.33. The van der Waals surface area contributed by atoms with Crippen molar-refractivity contribution in [3.63, 3.8) is 0 Å². The van der Waals surface area contributed by atoms with Gasteiger partial charge < -0.3 is 10.6 Å². The second-order valence-electron chi connectivity index (χ2n) is 7.71. The van der Waals surface area contributed by atoms with Gasteiger partial charge in [0.05, 0.1) is 17.5 Å². The van der Waals surface area contributed by atoms with Crippen LogP contribution in [-0.4, -0.2) is 55.5 Å². The Kier molecular flexibility index (Phi) is 8.08. The molecule has 30 heavy (non-hydrogen) atoms.